The number of pyridine rings is 1. The van der Waals surface area contributed by atoms with Gasteiger partial charge in [-0.3, -0.25) is 14.7 Å². The van der Waals surface area contributed by atoms with Crippen LogP contribution in [0.4, 0.5) is 11.4 Å². The van der Waals surface area contributed by atoms with E-state index in [1.54, 1.807) is 0 Å². The number of aliphatic hydroxyl groups excluding tert-OH is 1. The zero-order valence-corrected chi connectivity index (χ0v) is 21.4. The third-order valence-electron chi connectivity index (χ3n) is 6.62. The normalized spacial score (nSPS) is 19.2. The van der Waals surface area contributed by atoms with Crippen molar-refractivity contribution in [3.63, 3.8) is 0 Å². The van der Waals surface area contributed by atoms with Gasteiger partial charge in [0, 0.05) is 61.7 Å². The van der Waals surface area contributed by atoms with Crippen LogP contribution in [0.1, 0.15) is 17.4 Å². The molecule has 0 spiro atoms. The zero-order chi connectivity index (χ0) is 22.8. The van der Waals surface area contributed by atoms with Crippen molar-refractivity contribution in [2.24, 2.45) is 0 Å². The Morgan fingerprint density at radius 1 is 1.06 bits per heavy atom. The van der Waals surface area contributed by atoms with Crippen molar-refractivity contribution in [2.75, 3.05) is 55.7 Å². The maximum atomic E-state index is 11.3. The fourth-order valence-corrected chi connectivity index (χ4v) is 4.83. The number of ether oxygens (including phenoxy) is 1. The molecule has 2 fully saturated rings. The van der Waals surface area contributed by atoms with E-state index in [9.17, 15) is 9.90 Å². The zero-order valence-electron chi connectivity index (χ0n) is 19.7. The van der Waals surface area contributed by atoms with Gasteiger partial charge in [-0.15, -0.1) is 24.8 Å². The van der Waals surface area contributed by atoms with Crippen LogP contribution in [0.25, 0.3) is 10.9 Å². The van der Waals surface area contributed by atoms with Crippen molar-refractivity contribution in [3.8, 4) is 0 Å². The molecular formula is C26H32Cl2N4O3. The Labute approximate surface area is 218 Å². The number of carbonyl (C=O) groups is 1. The van der Waals surface area contributed by atoms with E-state index < -0.39 is 12.3 Å². The van der Waals surface area contributed by atoms with Crippen LogP contribution in [0.5, 0.6) is 0 Å². The number of anilines is 2. The van der Waals surface area contributed by atoms with Crippen LogP contribution in [0.3, 0.4) is 0 Å². The summed E-state index contributed by atoms with van der Waals surface area (Å²) in [6, 6.07) is 18.4. The Morgan fingerprint density at radius 2 is 1.83 bits per heavy atom. The van der Waals surface area contributed by atoms with Crippen molar-refractivity contribution in [1.82, 2.24) is 9.88 Å². The number of carbonyl (C=O) groups excluding carboxylic acids is 1. The SMILES string of the molecule is Cc1ccc2c(N3CCN(CC(O)c4cccc(N5CCOC5C=O)c4)CC3)cccc2n1.Cl.Cl. The van der Waals surface area contributed by atoms with Crippen molar-refractivity contribution in [3.05, 3.63) is 65.9 Å². The van der Waals surface area contributed by atoms with Crippen LogP contribution in [0.2, 0.25) is 0 Å². The molecule has 3 heterocycles. The lowest BCUT2D eigenvalue weighted by molar-refractivity contribution is -0.115. The first kappa shape index (κ1) is 27.2. The molecule has 0 bridgehead atoms. The summed E-state index contributed by atoms with van der Waals surface area (Å²) in [6.45, 7) is 7.41. The van der Waals surface area contributed by atoms with Crippen LogP contribution in [0, 0.1) is 6.92 Å². The monoisotopic (exact) mass is 518 g/mol. The highest BCUT2D eigenvalue weighted by Gasteiger charge is 2.26. The number of rotatable bonds is 6. The maximum absolute atomic E-state index is 11.3. The van der Waals surface area contributed by atoms with E-state index in [1.807, 2.05) is 36.1 Å². The molecule has 0 radical (unpaired) electrons. The summed E-state index contributed by atoms with van der Waals surface area (Å²) in [5, 5.41) is 12.1. The summed E-state index contributed by atoms with van der Waals surface area (Å²) in [4.78, 5) is 22.6. The van der Waals surface area contributed by atoms with Gasteiger partial charge in [0.25, 0.3) is 0 Å². The van der Waals surface area contributed by atoms with Crippen molar-refractivity contribution in [2.45, 2.75) is 19.3 Å². The average Bonchev–Trinajstić information content (AvgIpc) is 3.33. The van der Waals surface area contributed by atoms with Crippen LogP contribution in [-0.2, 0) is 9.53 Å². The predicted molar refractivity (Wildman–Crippen MR) is 144 cm³/mol. The highest BCUT2D eigenvalue weighted by molar-refractivity contribution is 5.92. The van der Waals surface area contributed by atoms with Gasteiger partial charge in [0.1, 0.15) is 0 Å². The molecule has 1 N–H and O–H groups in total. The number of fused-ring (bicyclic) bond motifs is 1. The Hall–Kier alpha value is -2.42. The lowest BCUT2D eigenvalue weighted by atomic mass is 10.1. The molecule has 0 aliphatic carbocycles. The number of piperazine rings is 1. The molecule has 0 saturated carbocycles. The van der Waals surface area contributed by atoms with E-state index in [-0.39, 0.29) is 24.8 Å². The summed E-state index contributed by atoms with van der Waals surface area (Å²) in [6.07, 6.45) is -0.305. The molecule has 3 aromatic rings. The lowest BCUT2D eigenvalue weighted by Gasteiger charge is -2.37. The Kier molecular flexibility index (Phi) is 9.33. The summed E-state index contributed by atoms with van der Waals surface area (Å²) < 4.78 is 5.45. The average molecular weight is 519 g/mol. The van der Waals surface area contributed by atoms with E-state index >= 15 is 0 Å². The van der Waals surface area contributed by atoms with E-state index in [0.717, 1.165) is 54.9 Å². The third-order valence-corrected chi connectivity index (χ3v) is 6.62. The van der Waals surface area contributed by atoms with E-state index in [1.165, 1.54) is 11.1 Å². The van der Waals surface area contributed by atoms with E-state index in [0.29, 0.717) is 19.7 Å². The highest BCUT2D eigenvalue weighted by atomic mass is 35.5. The molecule has 0 amide bonds. The van der Waals surface area contributed by atoms with Gasteiger partial charge < -0.3 is 19.6 Å². The summed E-state index contributed by atoms with van der Waals surface area (Å²) in [5.41, 5.74) is 5.06. The van der Waals surface area contributed by atoms with Gasteiger partial charge in [-0.1, -0.05) is 18.2 Å². The Bertz CT molecular complexity index is 1140. The molecule has 188 valence electrons. The first-order valence-electron chi connectivity index (χ1n) is 11.6. The molecule has 2 saturated heterocycles. The second-order valence-corrected chi connectivity index (χ2v) is 8.79. The van der Waals surface area contributed by atoms with Crippen LogP contribution in [0.15, 0.2) is 54.6 Å². The Balaban J connectivity index is 0.00000171. The van der Waals surface area contributed by atoms with Gasteiger partial charge in [-0.05, 0) is 48.9 Å². The molecule has 7 nitrogen and oxygen atoms in total. The summed E-state index contributed by atoms with van der Waals surface area (Å²) in [5.74, 6) is 0. The van der Waals surface area contributed by atoms with Crippen molar-refractivity contribution < 1.29 is 14.6 Å². The summed E-state index contributed by atoms with van der Waals surface area (Å²) in [7, 11) is 0. The van der Waals surface area contributed by atoms with Crippen LogP contribution in [-0.4, -0.2) is 73.4 Å². The molecular weight excluding hydrogens is 487 g/mol. The smallest absolute Gasteiger partial charge is 0.186 e. The second kappa shape index (κ2) is 12.0. The first-order valence-corrected chi connectivity index (χ1v) is 11.6. The van der Waals surface area contributed by atoms with Crippen LogP contribution < -0.4 is 9.80 Å². The number of hydrogen-bond acceptors (Lipinski definition) is 7. The molecule has 5 rings (SSSR count). The van der Waals surface area contributed by atoms with Gasteiger partial charge in [0.2, 0.25) is 0 Å². The quantitative estimate of drug-likeness (QED) is 0.499. The molecule has 2 aliphatic heterocycles. The number of nitrogens with zero attached hydrogens (tertiary/aromatic N) is 4. The fraction of sp³-hybridized carbons (Fsp3) is 0.385. The number of benzene rings is 2. The largest absolute Gasteiger partial charge is 0.387 e. The number of aromatic nitrogens is 1. The van der Waals surface area contributed by atoms with E-state index in [4.69, 9.17) is 4.74 Å². The number of β-amino-alcohol motifs (C(OH)–C–C–N with tert-alkyl or cyclic N) is 1. The number of halogens is 2. The van der Waals surface area contributed by atoms with Gasteiger partial charge in [0.15, 0.2) is 12.5 Å². The number of aryl methyl sites for hydroxylation is 1. The van der Waals surface area contributed by atoms with E-state index in [2.05, 4.69) is 45.1 Å². The summed E-state index contributed by atoms with van der Waals surface area (Å²) >= 11 is 0. The standard InChI is InChI=1S/C26H30N4O3.2ClH/c1-19-8-9-22-23(27-19)6-3-7-24(22)29-12-10-28(11-13-29)17-25(32)20-4-2-5-21(16-20)30-14-15-33-26(30)18-31;;/h2-9,16,18,25-26,32H,10-15,17H2,1H3;2*1H. The Morgan fingerprint density at radius 3 is 2.60 bits per heavy atom. The van der Waals surface area contributed by atoms with Gasteiger partial charge >= 0.3 is 0 Å². The highest BCUT2D eigenvalue weighted by Crippen LogP contribution is 2.28. The molecule has 1 aromatic heterocycles. The van der Waals surface area contributed by atoms with Crippen molar-refractivity contribution >= 4 is 53.4 Å². The minimum Gasteiger partial charge on any atom is -0.387 e. The molecule has 35 heavy (non-hydrogen) atoms. The first-order chi connectivity index (χ1) is 16.1. The van der Waals surface area contributed by atoms with Crippen molar-refractivity contribution in [1.29, 1.82) is 0 Å². The fourth-order valence-electron chi connectivity index (χ4n) is 4.83. The molecule has 2 aromatic carbocycles. The minimum absolute atomic E-state index is 0. The van der Waals surface area contributed by atoms with Gasteiger partial charge in [-0.2, -0.15) is 0 Å². The van der Waals surface area contributed by atoms with Gasteiger partial charge in [-0.25, -0.2) is 0 Å². The lowest BCUT2D eigenvalue weighted by Crippen LogP contribution is -2.47. The predicted octanol–water partition coefficient (Wildman–Crippen LogP) is 3.60. The topological polar surface area (TPSA) is 69.1 Å². The maximum Gasteiger partial charge on any atom is 0.186 e. The number of hydrogen-bond donors (Lipinski definition) is 1. The minimum atomic E-state index is -0.584. The molecule has 2 aliphatic rings. The van der Waals surface area contributed by atoms with Crippen LogP contribution >= 0.6 is 24.8 Å². The second-order valence-electron chi connectivity index (χ2n) is 8.79. The van der Waals surface area contributed by atoms with Gasteiger partial charge in [0.05, 0.1) is 18.2 Å². The molecule has 9 heteroatoms. The third kappa shape index (κ3) is 5.88. The molecule has 2 unspecified atom stereocenters. The molecule has 2 atom stereocenters. The number of aldehydes is 1. The number of aliphatic hydroxyl groups is 1.